The molecule has 0 saturated carbocycles. The molecule has 14 heavy (non-hydrogen) atoms. The molecule has 2 aromatic rings. The van der Waals surface area contributed by atoms with Gasteiger partial charge in [-0.05, 0) is 24.3 Å². The molecule has 0 amide bonds. The van der Waals surface area contributed by atoms with Crippen molar-refractivity contribution in [3.05, 3.63) is 36.9 Å². The van der Waals surface area contributed by atoms with Crippen molar-refractivity contribution < 1.29 is 8.97 Å². The summed E-state index contributed by atoms with van der Waals surface area (Å²) in [5, 5.41) is 0. The van der Waals surface area contributed by atoms with Crippen LogP contribution in [0.1, 0.15) is 0 Å². The number of rotatable bonds is 2. The largest absolute Gasteiger partial charge is 0.594 e. The van der Waals surface area contributed by atoms with Crippen molar-refractivity contribution in [2.45, 2.75) is 4.90 Å². The molecule has 1 unspecified atom stereocenters. The summed E-state index contributed by atoms with van der Waals surface area (Å²) < 4.78 is 16.0. The van der Waals surface area contributed by atoms with Gasteiger partial charge in [-0.1, -0.05) is 0 Å². The minimum absolute atomic E-state index is 0.579. The number of nitrogens with zero attached hydrogens (tertiary/aromatic N) is 1. The predicted octanol–water partition coefficient (Wildman–Crippen LogP) is 2.60. The van der Waals surface area contributed by atoms with Gasteiger partial charge in [0.15, 0.2) is 27.7 Å². The molecule has 0 fully saturated rings. The summed E-state index contributed by atoms with van der Waals surface area (Å²) in [6, 6.07) is 6.97. The summed E-state index contributed by atoms with van der Waals surface area (Å²) in [5.74, 6) is 0.678. The minimum atomic E-state index is -1.46. The fourth-order valence-electron chi connectivity index (χ4n) is 1.08. The topological polar surface area (TPSA) is 49.1 Å². The van der Waals surface area contributed by atoms with Crippen LogP contribution in [0, 0.1) is 0 Å². The molecule has 0 aliphatic rings. The molecule has 3 nitrogen and oxygen atoms in total. The second-order valence-electron chi connectivity index (χ2n) is 2.61. The Kier molecular flexibility index (Phi) is 2.77. The molecule has 72 valence electrons. The van der Waals surface area contributed by atoms with Crippen molar-refractivity contribution in [3.8, 4) is 11.3 Å². The first-order chi connectivity index (χ1) is 6.77. The third kappa shape index (κ3) is 1.92. The van der Waals surface area contributed by atoms with Crippen molar-refractivity contribution in [2.24, 2.45) is 0 Å². The highest BCUT2D eigenvalue weighted by Crippen LogP contribution is 2.22. The first-order valence-electron chi connectivity index (χ1n) is 3.84. The normalized spacial score (nSPS) is 12.7. The molecule has 0 aliphatic carbocycles. The van der Waals surface area contributed by atoms with Gasteiger partial charge in [-0.25, -0.2) is 4.98 Å². The Labute approximate surface area is 88.4 Å². The lowest BCUT2D eigenvalue weighted by molar-refractivity contribution is 0.572. The third-order valence-corrected chi connectivity index (χ3v) is 2.93. The molecule has 1 aromatic carbocycles. The van der Waals surface area contributed by atoms with Crippen LogP contribution >= 0.6 is 10.7 Å². The first-order valence-corrected chi connectivity index (χ1v) is 5.82. The van der Waals surface area contributed by atoms with E-state index in [0.29, 0.717) is 10.7 Å². The molecule has 1 heterocycles. The number of halogens is 1. The molecule has 0 saturated heterocycles. The van der Waals surface area contributed by atoms with Gasteiger partial charge in [0.25, 0.3) is 0 Å². The third-order valence-electron chi connectivity index (χ3n) is 1.76. The molecule has 1 aromatic heterocycles. The van der Waals surface area contributed by atoms with E-state index in [1.54, 1.807) is 30.5 Å². The number of hydrogen-bond donors (Lipinski definition) is 0. The predicted molar refractivity (Wildman–Crippen MR) is 54.2 cm³/mol. The molecule has 0 spiro atoms. The van der Waals surface area contributed by atoms with Crippen LogP contribution in [0.5, 0.6) is 0 Å². The van der Waals surface area contributed by atoms with Crippen LogP contribution < -0.4 is 0 Å². The maximum atomic E-state index is 10.9. The van der Waals surface area contributed by atoms with E-state index in [4.69, 9.17) is 15.1 Å². The van der Waals surface area contributed by atoms with Gasteiger partial charge in [0, 0.05) is 5.56 Å². The van der Waals surface area contributed by atoms with Crippen LogP contribution in [0.4, 0.5) is 0 Å². The van der Waals surface area contributed by atoms with Crippen molar-refractivity contribution in [2.75, 3.05) is 0 Å². The Balaban J connectivity index is 2.31. The van der Waals surface area contributed by atoms with Crippen LogP contribution in [0.3, 0.4) is 0 Å². The van der Waals surface area contributed by atoms with Crippen LogP contribution in [0.15, 0.2) is 46.2 Å². The fourth-order valence-corrected chi connectivity index (χ4v) is 1.74. The Morgan fingerprint density at radius 3 is 2.50 bits per heavy atom. The zero-order chi connectivity index (χ0) is 9.97. The maximum absolute atomic E-state index is 10.9. The smallest absolute Gasteiger partial charge is 0.181 e. The molecule has 0 aliphatic heterocycles. The molecule has 2 rings (SSSR count). The minimum Gasteiger partial charge on any atom is -0.594 e. The second-order valence-corrected chi connectivity index (χ2v) is 4.37. The monoisotopic (exact) mass is 227 g/mol. The quantitative estimate of drug-likeness (QED) is 0.741. The lowest BCUT2D eigenvalue weighted by Gasteiger charge is -1.99. The van der Waals surface area contributed by atoms with Gasteiger partial charge < -0.3 is 8.97 Å². The van der Waals surface area contributed by atoms with E-state index < -0.39 is 10.4 Å². The average Bonchev–Trinajstić information content (AvgIpc) is 2.71. The molecule has 0 bridgehead atoms. The van der Waals surface area contributed by atoms with Gasteiger partial charge in [0.1, 0.15) is 10.4 Å². The standard InChI is InChI=1S/C9H6ClNO2S/c10-14(12)8-3-1-7(2-4-8)9-5-11-6-13-9/h1-6H. The highest BCUT2D eigenvalue weighted by Gasteiger charge is 2.08. The average molecular weight is 228 g/mol. The van der Waals surface area contributed by atoms with E-state index in [1.807, 2.05) is 0 Å². The summed E-state index contributed by atoms with van der Waals surface area (Å²) in [4.78, 5) is 4.38. The van der Waals surface area contributed by atoms with E-state index in [-0.39, 0.29) is 0 Å². The van der Waals surface area contributed by atoms with Gasteiger partial charge in [0.2, 0.25) is 0 Å². The Hall–Kier alpha value is -0.970. The van der Waals surface area contributed by atoms with Crippen LogP contribution in [0.25, 0.3) is 11.3 Å². The summed E-state index contributed by atoms with van der Waals surface area (Å²) >= 11 is 0. The lowest BCUT2D eigenvalue weighted by atomic mass is 10.2. The summed E-state index contributed by atoms with van der Waals surface area (Å²) in [7, 11) is 3.96. The van der Waals surface area contributed by atoms with E-state index >= 15 is 0 Å². The summed E-state index contributed by atoms with van der Waals surface area (Å²) in [6.07, 6.45) is 2.98. The summed E-state index contributed by atoms with van der Waals surface area (Å²) in [5.41, 5.74) is 0.883. The molecule has 5 heteroatoms. The van der Waals surface area contributed by atoms with E-state index in [0.717, 1.165) is 5.56 Å². The Morgan fingerprint density at radius 1 is 1.29 bits per heavy atom. The first kappa shape index (κ1) is 9.58. The van der Waals surface area contributed by atoms with Gasteiger partial charge in [-0.3, -0.25) is 0 Å². The van der Waals surface area contributed by atoms with E-state index in [2.05, 4.69) is 4.98 Å². The zero-order valence-corrected chi connectivity index (χ0v) is 8.59. The number of aromatic nitrogens is 1. The van der Waals surface area contributed by atoms with Gasteiger partial charge >= 0.3 is 0 Å². The second kappa shape index (κ2) is 4.04. The van der Waals surface area contributed by atoms with Crippen molar-refractivity contribution in [1.82, 2.24) is 4.98 Å². The molecular formula is C9H6ClNO2S. The van der Waals surface area contributed by atoms with Gasteiger partial charge in [0.05, 0.1) is 6.20 Å². The van der Waals surface area contributed by atoms with Crippen molar-refractivity contribution >= 4 is 21.1 Å². The van der Waals surface area contributed by atoms with E-state index in [9.17, 15) is 4.55 Å². The van der Waals surface area contributed by atoms with Gasteiger partial charge in [-0.15, -0.1) is 0 Å². The number of hydrogen-bond acceptors (Lipinski definition) is 3. The van der Waals surface area contributed by atoms with Crippen LogP contribution in [-0.2, 0) is 10.4 Å². The van der Waals surface area contributed by atoms with E-state index in [1.165, 1.54) is 6.39 Å². The molecule has 0 N–H and O–H groups in total. The van der Waals surface area contributed by atoms with Gasteiger partial charge in [-0.2, -0.15) is 0 Å². The number of oxazole rings is 1. The van der Waals surface area contributed by atoms with Crippen molar-refractivity contribution in [1.29, 1.82) is 0 Å². The fraction of sp³-hybridized carbons (Fsp3) is 0. The Bertz CT molecular complexity index is 399. The zero-order valence-electron chi connectivity index (χ0n) is 7.01. The van der Waals surface area contributed by atoms with Crippen molar-refractivity contribution in [3.63, 3.8) is 0 Å². The molecular weight excluding hydrogens is 222 g/mol. The Morgan fingerprint density at radius 2 is 2.00 bits per heavy atom. The highest BCUT2D eigenvalue weighted by atomic mass is 35.7. The highest BCUT2D eigenvalue weighted by molar-refractivity contribution is 8.13. The molecule has 1 atom stereocenters. The maximum Gasteiger partial charge on any atom is 0.181 e. The molecule has 0 radical (unpaired) electrons. The lowest BCUT2D eigenvalue weighted by Crippen LogP contribution is -1.89. The van der Waals surface area contributed by atoms with Crippen LogP contribution in [-0.4, -0.2) is 9.54 Å². The summed E-state index contributed by atoms with van der Waals surface area (Å²) in [6.45, 7) is 0. The van der Waals surface area contributed by atoms with Crippen LogP contribution in [0.2, 0.25) is 0 Å². The SMILES string of the molecule is [O-][S+](Cl)c1ccc(-c2cnco2)cc1. The number of benzene rings is 1.